The first-order valence-corrected chi connectivity index (χ1v) is 24.5. The Balaban J connectivity index is 0.000000204. The molecule has 0 spiro atoms. The van der Waals surface area contributed by atoms with E-state index in [-0.39, 0.29) is 35.6 Å². The van der Waals surface area contributed by atoms with Crippen LogP contribution in [0.3, 0.4) is 0 Å². The van der Waals surface area contributed by atoms with E-state index in [1.165, 1.54) is 29.8 Å². The first-order valence-electron chi connectivity index (χ1n) is 21.3. The second kappa shape index (κ2) is 30.6. The second-order valence-electron chi connectivity index (χ2n) is 14.9. The number of carbonyl (C=O) groups is 3. The Morgan fingerprint density at radius 1 is 0.464 bits per heavy atom. The number of benzene rings is 8. The Labute approximate surface area is 418 Å². The van der Waals surface area contributed by atoms with Crippen molar-refractivity contribution in [3.05, 3.63) is 252 Å². The van der Waals surface area contributed by atoms with Crippen LogP contribution in [-0.2, 0) is 56.0 Å². The van der Waals surface area contributed by atoms with Crippen LogP contribution in [0.5, 0.6) is 0 Å². The molecule has 0 heterocycles. The molecule has 354 valence electrons. The number of hydrogen-bond acceptors (Lipinski definition) is 5. The number of rotatable bonds is 12. The molecule has 0 bridgehead atoms. The van der Waals surface area contributed by atoms with Gasteiger partial charge in [-0.1, -0.05) is 188 Å². The van der Waals surface area contributed by atoms with Crippen molar-refractivity contribution in [3.8, 4) is 33.4 Å². The van der Waals surface area contributed by atoms with Crippen LogP contribution >= 0.6 is 33.0 Å². The lowest BCUT2D eigenvalue weighted by Gasteiger charge is -2.07. The minimum absolute atomic E-state index is 0.0771. The molecule has 13 heteroatoms. The van der Waals surface area contributed by atoms with Gasteiger partial charge < -0.3 is 16.2 Å². The quantitative estimate of drug-likeness (QED) is 0.105. The monoisotopic (exact) mass is 1000 g/mol. The number of carboxylic acids is 1. The summed E-state index contributed by atoms with van der Waals surface area (Å²) in [6, 6.07) is 66.2. The van der Waals surface area contributed by atoms with Crippen molar-refractivity contribution in [1.29, 1.82) is 0 Å². The van der Waals surface area contributed by atoms with Crippen molar-refractivity contribution in [2.24, 2.45) is 5.73 Å². The summed E-state index contributed by atoms with van der Waals surface area (Å²) in [5, 5.41) is 11.1. The number of nitrogens with two attached hydrogens (primary N) is 1. The predicted molar refractivity (Wildman–Crippen MR) is 278 cm³/mol. The maximum atomic E-state index is 13.1. The smallest absolute Gasteiger partial charge is 0.307 e. The van der Waals surface area contributed by atoms with Crippen LogP contribution in [0.2, 0.25) is 0 Å². The minimum atomic E-state index is -1.67. The summed E-state index contributed by atoms with van der Waals surface area (Å²) in [4.78, 5) is 33.3. The van der Waals surface area contributed by atoms with Crippen LogP contribution in [-0.4, -0.2) is 26.4 Å². The Morgan fingerprint density at radius 2 is 0.797 bits per heavy atom. The molecule has 0 atom stereocenters. The number of halogens is 5. The molecule has 0 aromatic heterocycles. The molecule has 0 fully saturated rings. The van der Waals surface area contributed by atoms with E-state index in [0.717, 1.165) is 55.6 Å². The van der Waals surface area contributed by atoms with Crippen LogP contribution in [0.15, 0.2) is 212 Å². The molecule has 8 aromatic rings. The lowest BCUT2D eigenvalue weighted by molar-refractivity contribution is -0.136. The Kier molecular flexibility index (Phi) is 24.3. The van der Waals surface area contributed by atoms with Crippen LogP contribution in [0.25, 0.3) is 33.4 Å². The zero-order chi connectivity index (χ0) is 49.8. The highest BCUT2D eigenvalue weighted by atomic mass is 36.0. The van der Waals surface area contributed by atoms with Gasteiger partial charge in [-0.3, -0.25) is 14.4 Å². The molecule has 0 aliphatic rings. The van der Waals surface area contributed by atoms with E-state index in [0.29, 0.717) is 19.5 Å². The third-order valence-corrected chi connectivity index (χ3v) is 9.88. The molecule has 0 unspecified atom stereocenters. The van der Waals surface area contributed by atoms with E-state index >= 15 is 0 Å². The molecule has 69 heavy (non-hydrogen) atoms. The van der Waals surface area contributed by atoms with Crippen molar-refractivity contribution in [1.82, 2.24) is 5.32 Å². The minimum Gasteiger partial charge on any atom is -0.481 e. The number of carbonyl (C=O) groups excluding carboxylic acids is 2. The fourth-order valence-corrected chi connectivity index (χ4v) is 6.59. The molecule has 8 rings (SSSR count). The van der Waals surface area contributed by atoms with Gasteiger partial charge in [0, 0.05) is 40.9 Å². The Morgan fingerprint density at radius 3 is 1.13 bits per heavy atom. The summed E-state index contributed by atoms with van der Waals surface area (Å²) in [5.41, 5.74) is 16.4. The maximum absolute atomic E-state index is 13.1. The highest BCUT2D eigenvalue weighted by molar-refractivity contribution is 8.26. The second-order valence-corrected chi connectivity index (χ2v) is 17.8. The molecule has 0 saturated carbocycles. The average molecular weight is 1010 g/mol. The summed E-state index contributed by atoms with van der Waals surface area (Å²) in [5.74, 6) is -1.39. The molecule has 0 aliphatic carbocycles. The summed E-state index contributed by atoms with van der Waals surface area (Å²) in [7, 11) is 7.36. The number of aliphatic carboxylic acids is 1. The van der Waals surface area contributed by atoms with E-state index in [9.17, 15) is 23.2 Å². The topological polar surface area (TPSA) is 127 Å². The Bertz CT molecular complexity index is 2710. The highest BCUT2D eigenvalue weighted by Gasteiger charge is 2.06. The van der Waals surface area contributed by atoms with E-state index < -0.39 is 15.2 Å². The van der Waals surface area contributed by atoms with Crippen molar-refractivity contribution >= 4 is 59.3 Å². The van der Waals surface area contributed by atoms with E-state index in [4.69, 9.17) is 26.7 Å². The lowest BCUT2D eigenvalue weighted by atomic mass is 10.0. The molecular formula is C56H49Cl3F2N2O5S. The van der Waals surface area contributed by atoms with Crippen molar-refractivity contribution in [2.45, 2.75) is 32.4 Å². The average Bonchev–Trinajstić information content (AvgIpc) is 3.35. The van der Waals surface area contributed by atoms with E-state index in [2.05, 4.69) is 50.9 Å². The molecule has 4 N–H and O–H groups in total. The van der Waals surface area contributed by atoms with Gasteiger partial charge in [-0.15, -0.1) is 0 Å². The first kappa shape index (κ1) is 54.8. The maximum Gasteiger partial charge on any atom is 0.307 e. The molecule has 7 nitrogen and oxygen atoms in total. The van der Waals surface area contributed by atoms with Gasteiger partial charge in [0.25, 0.3) is 0 Å². The number of amides is 1. The van der Waals surface area contributed by atoms with Gasteiger partial charge in [0.05, 0.1) is 12.8 Å². The molecule has 0 radical (unpaired) electrons. The molecule has 8 aromatic carbocycles. The third kappa shape index (κ3) is 22.2. The summed E-state index contributed by atoms with van der Waals surface area (Å²) in [6.45, 7) is 0.733. The SMILES string of the molecule is NCc1cccc(F)c1.O=C(Cc1ccc(-c2ccccc2)cc1)NCc1cccc(F)c1.O=C(Cl)Cc1ccc(-c2ccccc2)cc1.O=C(O)Cc1ccc(-c2ccccc2)cc1.O=S(Cl)Cl. The summed E-state index contributed by atoms with van der Waals surface area (Å²) >= 11 is 5.33. The van der Waals surface area contributed by atoms with Crippen LogP contribution in [0.4, 0.5) is 8.78 Å². The standard InChI is InChI=1S/C21H18FNO.C14H11ClO.C14H12O2.C7H8FN.Cl2OS/c22-20-8-4-5-17(13-20)15-23-21(24)14-16-9-11-19(12-10-16)18-6-2-1-3-7-18;2*15-14(16)10-11-6-8-13(9-7-11)12-4-2-1-3-5-12;8-7-3-1-2-6(4-7)5-9;1-4(2)3/h1-13H,14-15H2,(H,23,24);1-9H,10H2;1-9H,10H2,(H,15,16);1-4H,5,9H2;. The predicted octanol–water partition coefficient (Wildman–Crippen LogP) is 13.3. The van der Waals surface area contributed by atoms with E-state index in [1.54, 1.807) is 24.3 Å². The van der Waals surface area contributed by atoms with Gasteiger partial charge in [0.15, 0.2) is 0 Å². The molecule has 0 aliphatic heterocycles. The normalized spacial score (nSPS) is 10.0. The van der Waals surface area contributed by atoms with Crippen LogP contribution in [0.1, 0.15) is 27.8 Å². The zero-order valence-electron chi connectivity index (χ0n) is 37.2. The van der Waals surface area contributed by atoms with Gasteiger partial charge in [-0.25, -0.2) is 13.0 Å². The van der Waals surface area contributed by atoms with Gasteiger partial charge in [-0.2, -0.15) is 0 Å². The third-order valence-electron chi connectivity index (χ3n) is 9.75. The summed E-state index contributed by atoms with van der Waals surface area (Å²) < 4.78 is 34.5. The number of nitrogens with one attached hydrogen (secondary N) is 1. The van der Waals surface area contributed by atoms with Gasteiger partial charge in [0.1, 0.15) is 11.6 Å². The highest BCUT2D eigenvalue weighted by Crippen LogP contribution is 2.22. The largest absolute Gasteiger partial charge is 0.481 e. The molecule has 0 saturated heterocycles. The first-order chi connectivity index (χ1) is 33.3. The van der Waals surface area contributed by atoms with Crippen molar-refractivity contribution < 1.29 is 32.5 Å². The van der Waals surface area contributed by atoms with E-state index in [1.807, 2.05) is 140 Å². The Hall–Kier alpha value is -6.79. The van der Waals surface area contributed by atoms with Gasteiger partial charge >= 0.3 is 5.97 Å². The zero-order valence-corrected chi connectivity index (χ0v) is 40.3. The number of hydrogen-bond donors (Lipinski definition) is 3. The van der Waals surface area contributed by atoms with Gasteiger partial charge in [-0.05, 0) is 97.1 Å². The lowest BCUT2D eigenvalue weighted by Crippen LogP contribution is -2.24. The van der Waals surface area contributed by atoms with Gasteiger partial charge in [0.2, 0.25) is 20.4 Å². The van der Waals surface area contributed by atoms with Crippen LogP contribution in [0, 0.1) is 11.6 Å². The van der Waals surface area contributed by atoms with Crippen molar-refractivity contribution in [2.75, 3.05) is 0 Å². The fourth-order valence-electron chi connectivity index (χ4n) is 6.43. The fraction of sp³-hybridized carbons (Fsp3) is 0.0893. The number of carboxylic acid groups (broad SMARTS) is 1. The molecular weight excluding hydrogens is 957 g/mol. The molecule has 1 amide bonds. The van der Waals surface area contributed by atoms with Crippen molar-refractivity contribution in [3.63, 3.8) is 0 Å². The van der Waals surface area contributed by atoms with Crippen LogP contribution < -0.4 is 11.1 Å². The summed E-state index contributed by atoms with van der Waals surface area (Å²) in [6.07, 6.45) is 0.677.